The number of rotatable bonds is 4. The van der Waals surface area contributed by atoms with Gasteiger partial charge in [-0.1, -0.05) is 18.2 Å². The van der Waals surface area contributed by atoms with Crippen molar-refractivity contribution in [2.24, 2.45) is 0 Å². The van der Waals surface area contributed by atoms with Gasteiger partial charge in [-0.05, 0) is 25.0 Å². The summed E-state index contributed by atoms with van der Waals surface area (Å²) in [6.07, 6.45) is -4.76. The molecule has 1 aliphatic heterocycles. The van der Waals surface area contributed by atoms with Crippen LogP contribution in [-0.4, -0.2) is 42.2 Å². The van der Waals surface area contributed by atoms with Gasteiger partial charge in [0.25, 0.3) is 0 Å². The number of H-pyrrole nitrogens is 1. The summed E-state index contributed by atoms with van der Waals surface area (Å²) in [6, 6.07) is 7.66. The van der Waals surface area contributed by atoms with Gasteiger partial charge in [-0.15, -0.1) is 24.8 Å². The first-order chi connectivity index (χ1) is 11.0. The van der Waals surface area contributed by atoms with E-state index in [9.17, 15) is 13.2 Å². The van der Waals surface area contributed by atoms with Gasteiger partial charge in [-0.25, -0.2) is 0 Å². The lowest BCUT2D eigenvalue weighted by Gasteiger charge is -2.35. The molecule has 1 aromatic carbocycles. The first-order valence-corrected chi connectivity index (χ1v) is 8.04. The molecule has 3 nitrogen and oxygen atoms in total. The molecule has 25 heavy (non-hydrogen) atoms. The van der Waals surface area contributed by atoms with Crippen molar-refractivity contribution >= 4 is 35.7 Å². The smallest absolute Gasteiger partial charge is 0.358 e. The second-order valence-electron chi connectivity index (χ2n) is 6.16. The van der Waals surface area contributed by atoms with Crippen molar-refractivity contribution < 1.29 is 13.2 Å². The number of aromatic nitrogens is 1. The molecule has 1 saturated heterocycles. The van der Waals surface area contributed by atoms with E-state index in [2.05, 4.69) is 15.2 Å². The number of aromatic amines is 1. The number of hydrogen-bond acceptors (Lipinski definition) is 2. The number of nitrogens with zero attached hydrogens (tertiary/aromatic N) is 1. The van der Waals surface area contributed by atoms with Gasteiger partial charge in [0.05, 0.1) is 0 Å². The van der Waals surface area contributed by atoms with Gasteiger partial charge in [0.1, 0.15) is 0 Å². The van der Waals surface area contributed by atoms with Crippen molar-refractivity contribution in [3.63, 3.8) is 0 Å². The van der Waals surface area contributed by atoms with Crippen molar-refractivity contribution in [2.75, 3.05) is 26.2 Å². The quantitative estimate of drug-likeness (QED) is 0.788. The Kier molecular flexibility index (Phi) is 8.06. The molecule has 2 heterocycles. The highest BCUT2D eigenvalue weighted by Crippen LogP contribution is 2.37. The minimum atomic E-state index is -4.12. The van der Waals surface area contributed by atoms with Crippen LogP contribution in [0.2, 0.25) is 0 Å². The minimum Gasteiger partial charge on any atom is -0.358 e. The van der Waals surface area contributed by atoms with Crippen LogP contribution in [0.3, 0.4) is 0 Å². The molecule has 0 radical (unpaired) electrons. The summed E-state index contributed by atoms with van der Waals surface area (Å²) in [6.45, 7) is 5.16. The SMILES string of the molecule is Cc1[nH]c2ccccc2c1[C@H](CCC(F)(F)F)N1CCNCC1.Cl.Cl. The average Bonchev–Trinajstić information content (AvgIpc) is 2.84. The Labute approximate surface area is 158 Å². The van der Waals surface area contributed by atoms with Gasteiger partial charge in [0.15, 0.2) is 0 Å². The molecule has 0 saturated carbocycles. The average molecular weight is 398 g/mol. The third-order valence-electron chi connectivity index (χ3n) is 4.57. The maximum atomic E-state index is 12.8. The molecule has 2 N–H and O–H groups in total. The van der Waals surface area contributed by atoms with Crippen LogP contribution in [0, 0.1) is 6.92 Å². The van der Waals surface area contributed by atoms with Crippen LogP contribution in [-0.2, 0) is 0 Å². The normalized spacial score (nSPS) is 17.0. The third-order valence-corrected chi connectivity index (χ3v) is 4.57. The Morgan fingerprint density at radius 2 is 1.76 bits per heavy atom. The topological polar surface area (TPSA) is 31.1 Å². The lowest BCUT2D eigenvalue weighted by Crippen LogP contribution is -2.45. The van der Waals surface area contributed by atoms with Gasteiger partial charge in [0.2, 0.25) is 0 Å². The van der Waals surface area contributed by atoms with Crippen LogP contribution in [0.5, 0.6) is 0 Å². The zero-order valence-electron chi connectivity index (χ0n) is 14.0. The highest BCUT2D eigenvalue weighted by atomic mass is 35.5. The zero-order valence-corrected chi connectivity index (χ0v) is 15.7. The van der Waals surface area contributed by atoms with Crippen molar-refractivity contribution in [3.05, 3.63) is 35.5 Å². The maximum Gasteiger partial charge on any atom is 0.389 e. The van der Waals surface area contributed by atoms with Gasteiger partial charge < -0.3 is 10.3 Å². The summed E-state index contributed by atoms with van der Waals surface area (Å²) < 4.78 is 38.4. The number of halogens is 5. The molecule has 3 rings (SSSR count). The summed E-state index contributed by atoms with van der Waals surface area (Å²) in [5.74, 6) is 0. The van der Waals surface area contributed by atoms with Crippen LogP contribution in [0.1, 0.15) is 30.1 Å². The molecule has 1 aliphatic rings. The number of alkyl halides is 3. The third kappa shape index (κ3) is 5.26. The van der Waals surface area contributed by atoms with E-state index in [1.54, 1.807) is 0 Å². The number of benzene rings is 1. The summed E-state index contributed by atoms with van der Waals surface area (Å²) in [4.78, 5) is 5.51. The van der Waals surface area contributed by atoms with Crippen LogP contribution < -0.4 is 5.32 Å². The lowest BCUT2D eigenvalue weighted by atomic mass is 9.96. The highest BCUT2D eigenvalue weighted by molar-refractivity contribution is 5.86. The molecule has 1 atom stereocenters. The minimum absolute atomic E-state index is 0. The van der Waals surface area contributed by atoms with Gasteiger partial charge in [0, 0.05) is 55.2 Å². The molecule has 2 aromatic rings. The monoisotopic (exact) mass is 397 g/mol. The van der Waals surface area contributed by atoms with Crippen LogP contribution in [0.4, 0.5) is 13.2 Å². The fraction of sp³-hybridized carbons (Fsp3) is 0.529. The summed E-state index contributed by atoms with van der Waals surface area (Å²) >= 11 is 0. The van der Waals surface area contributed by atoms with Crippen molar-refractivity contribution in [3.8, 4) is 0 Å². The van der Waals surface area contributed by atoms with E-state index in [1.165, 1.54) is 0 Å². The number of nitrogens with one attached hydrogen (secondary N) is 2. The Morgan fingerprint density at radius 3 is 2.40 bits per heavy atom. The predicted molar refractivity (Wildman–Crippen MR) is 100 cm³/mol. The Morgan fingerprint density at radius 1 is 1.12 bits per heavy atom. The van der Waals surface area contributed by atoms with E-state index in [0.717, 1.165) is 48.3 Å². The second kappa shape index (κ2) is 9.12. The summed E-state index contributed by atoms with van der Waals surface area (Å²) in [5, 5.41) is 4.30. The van der Waals surface area contributed by atoms with Crippen LogP contribution in [0.25, 0.3) is 10.9 Å². The lowest BCUT2D eigenvalue weighted by molar-refractivity contribution is -0.138. The molecule has 0 unspecified atom stereocenters. The van der Waals surface area contributed by atoms with Gasteiger partial charge in [-0.3, -0.25) is 4.90 Å². The van der Waals surface area contributed by atoms with E-state index in [-0.39, 0.29) is 37.3 Å². The Balaban J connectivity index is 0.00000156. The summed E-state index contributed by atoms with van der Waals surface area (Å²) in [7, 11) is 0. The Hall–Kier alpha value is -0.950. The fourth-order valence-electron chi connectivity index (χ4n) is 3.53. The van der Waals surface area contributed by atoms with Crippen molar-refractivity contribution in [2.45, 2.75) is 32.0 Å². The van der Waals surface area contributed by atoms with E-state index in [4.69, 9.17) is 0 Å². The second-order valence-corrected chi connectivity index (χ2v) is 6.16. The number of piperazine rings is 1. The van der Waals surface area contributed by atoms with E-state index in [1.807, 2.05) is 31.2 Å². The molecular weight excluding hydrogens is 374 g/mol. The fourth-order valence-corrected chi connectivity index (χ4v) is 3.53. The number of aryl methyl sites for hydroxylation is 1. The van der Waals surface area contributed by atoms with E-state index in [0.29, 0.717) is 0 Å². The maximum absolute atomic E-state index is 12.8. The molecule has 142 valence electrons. The zero-order chi connectivity index (χ0) is 16.4. The molecule has 1 aromatic heterocycles. The van der Waals surface area contributed by atoms with Crippen LogP contribution >= 0.6 is 24.8 Å². The predicted octanol–water partition coefficient (Wildman–Crippen LogP) is 4.61. The molecule has 8 heteroatoms. The molecule has 0 amide bonds. The van der Waals surface area contributed by atoms with Gasteiger partial charge >= 0.3 is 6.18 Å². The molecular formula is C17H24Cl2F3N3. The van der Waals surface area contributed by atoms with Crippen molar-refractivity contribution in [1.29, 1.82) is 0 Å². The van der Waals surface area contributed by atoms with Crippen molar-refractivity contribution in [1.82, 2.24) is 15.2 Å². The Bertz CT molecular complexity index is 667. The van der Waals surface area contributed by atoms with E-state index < -0.39 is 12.6 Å². The standard InChI is InChI=1S/C17H22F3N3.2ClH/c1-12-16(13-4-2-3-5-14(13)22-12)15(6-7-17(18,19)20)23-10-8-21-9-11-23;;/h2-5,15,21-22H,6-11H2,1H3;2*1H/t15-;;/m0../s1. The van der Waals surface area contributed by atoms with E-state index >= 15 is 0 Å². The molecule has 1 fully saturated rings. The molecule has 0 aliphatic carbocycles. The highest BCUT2D eigenvalue weighted by Gasteiger charge is 2.32. The first-order valence-electron chi connectivity index (χ1n) is 8.04. The molecule has 0 spiro atoms. The van der Waals surface area contributed by atoms with Crippen LogP contribution in [0.15, 0.2) is 24.3 Å². The molecule has 0 bridgehead atoms. The number of para-hydroxylation sites is 1. The number of hydrogen-bond donors (Lipinski definition) is 2. The number of fused-ring (bicyclic) bond motifs is 1. The van der Waals surface area contributed by atoms with Gasteiger partial charge in [-0.2, -0.15) is 13.2 Å². The first kappa shape index (κ1) is 22.1. The summed E-state index contributed by atoms with van der Waals surface area (Å²) in [5.41, 5.74) is 2.98. The largest absolute Gasteiger partial charge is 0.389 e.